The number of piperidine rings is 1. The van der Waals surface area contributed by atoms with E-state index >= 15 is 0 Å². The molecule has 18 heavy (non-hydrogen) atoms. The third kappa shape index (κ3) is 3.45. The molecule has 0 spiro atoms. The van der Waals surface area contributed by atoms with Crippen molar-refractivity contribution in [3.8, 4) is 0 Å². The van der Waals surface area contributed by atoms with Gasteiger partial charge in [0.05, 0.1) is 4.47 Å². The standard InChI is InChI=1S/C14H22BrN3/c1-3-16-10-12-4-6-18(7-5-12)14-13(15)8-11(2)9-17-14/h8-9,12,16H,3-7,10H2,1-2H3. The van der Waals surface area contributed by atoms with Gasteiger partial charge in [-0.2, -0.15) is 0 Å². The molecule has 2 heterocycles. The molecule has 1 aromatic heterocycles. The minimum absolute atomic E-state index is 0.824. The van der Waals surface area contributed by atoms with Crippen molar-refractivity contribution in [2.45, 2.75) is 26.7 Å². The highest BCUT2D eigenvalue weighted by molar-refractivity contribution is 9.10. The van der Waals surface area contributed by atoms with E-state index in [4.69, 9.17) is 0 Å². The first-order valence-electron chi connectivity index (χ1n) is 6.78. The summed E-state index contributed by atoms with van der Waals surface area (Å²) in [4.78, 5) is 6.95. The number of hydrogen-bond donors (Lipinski definition) is 1. The highest BCUT2D eigenvalue weighted by Gasteiger charge is 2.21. The van der Waals surface area contributed by atoms with Crippen molar-refractivity contribution in [3.05, 3.63) is 22.3 Å². The fourth-order valence-corrected chi connectivity index (χ4v) is 3.17. The van der Waals surface area contributed by atoms with Crippen LogP contribution < -0.4 is 10.2 Å². The van der Waals surface area contributed by atoms with Gasteiger partial charge in [0.25, 0.3) is 0 Å². The minimum Gasteiger partial charge on any atom is -0.356 e. The van der Waals surface area contributed by atoms with Gasteiger partial charge in [-0.25, -0.2) is 4.98 Å². The van der Waals surface area contributed by atoms with E-state index in [1.54, 1.807) is 0 Å². The Labute approximate surface area is 118 Å². The maximum Gasteiger partial charge on any atom is 0.142 e. The zero-order valence-corrected chi connectivity index (χ0v) is 12.8. The van der Waals surface area contributed by atoms with Gasteiger partial charge < -0.3 is 10.2 Å². The Bertz CT molecular complexity index is 387. The first-order valence-corrected chi connectivity index (χ1v) is 7.57. The fraction of sp³-hybridized carbons (Fsp3) is 0.643. The average molecular weight is 312 g/mol. The Morgan fingerprint density at radius 1 is 1.44 bits per heavy atom. The molecule has 4 heteroatoms. The van der Waals surface area contributed by atoms with E-state index in [1.165, 1.54) is 18.4 Å². The Morgan fingerprint density at radius 3 is 2.78 bits per heavy atom. The summed E-state index contributed by atoms with van der Waals surface area (Å²) in [6, 6.07) is 2.15. The molecule has 2 rings (SSSR count). The Hall–Kier alpha value is -0.610. The van der Waals surface area contributed by atoms with Gasteiger partial charge in [-0.3, -0.25) is 0 Å². The first-order chi connectivity index (χ1) is 8.70. The highest BCUT2D eigenvalue weighted by Crippen LogP contribution is 2.28. The highest BCUT2D eigenvalue weighted by atomic mass is 79.9. The largest absolute Gasteiger partial charge is 0.356 e. The van der Waals surface area contributed by atoms with Crippen LogP contribution in [0.2, 0.25) is 0 Å². The first kappa shape index (κ1) is 13.8. The molecule has 1 saturated heterocycles. The maximum absolute atomic E-state index is 4.55. The van der Waals surface area contributed by atoms with E-state index in [-0.39, 0.29) is 0 Å². The number of nitrogens with one attached hydrogen (secondary N) is 1. The Balaban J connectivity index is 1.93. The smallest absolute Gasteiger partial charge is 0.142 e. The van der Waals surface area contributed by atoms with Gasteiger partial charge in [-0.15, -0.1) is 0 Å². The third-order valence-corrected chi connectivity index (χ3v) is 4.14. The maximum atomic E-state index is 4.55. The molecule has 0 aromatic carbocycles. The molecular formula is C14H22BrN3. The van der Waals surface area contributed by atoms with E-state index in [2.05, 4.69) is 51.0 Å². The van der Waals surface area contributed by atoms with Crippen LogP contribution in [0.1, 0.15) is 25.3 Å². The van der Waals surface area contributed by atoms with Gasteiger partial charge >= 0.3 is 0 Å². The summed E-state index contributed by atoms with van der Waals surface area (Å²) < 4.78 is 1.12. The number of halogens is 1. The van der Waals surface area contributed by atoms with Crippen LogP contribution in [-0.4, -0.2) is 31.2 Å². The number of nitrogens with zero attached hydrogens (tertiary/aromatic N) is 2. The number of hydrogen-bond acceptors (Lipinski definition) is 3. The van der Waals surface area contributed by atoms with Crippen LogP contribution in [-0.2, 0) is 0 Å². The molecule has 1 aliphatic heterocycles. The molecule has 0 bridgehead atoms. The summed E-state index contributed by atoms with van der Waals surface area (Å²) in [5.41, 5.74) is 1.20. The Morgan fingerprint density at radius 2 is 2.17 bits per heavy atom. The molecule has 1 fully saturated rings. The monoisotopic (exact) mass is 311 g/mol. The van der Waals surface area contributed by atoms with Crippen molar-refractivity contribution in [3.63, 3.8) is 0 Å². The van der Waals surface area contributed by atoms with E-state index in [9.17, 15) is 0 Å². The molecule has 1 aliphatic rings. The van der Waals surface area contributed by atoms with Crippen molar-refractivity contribution in [2.75, 3.05) is 31.1 Å². The van der Waals surface area contributed by atoms with E-state index < -0.39 is 0 Å². The van der Waals surface area contributed by atoms with E-state index in [0.717, 1.165) is 42.4 Å². The van der Waals surface area contributed by atoms with Crippen molar-refractivity contribution in [1.29, 1.82) is 0 Å². The predicted octanol–water partition coefficient (Wildman–Crippen LogP) is 2.98. The zero-order valence-electron chi connectivity index (χ0n) is 11.2. The quantitative estimate of drug-likeness (QED) is 0.926. The van der Waals surface area contributed by atoms with Gasteiger partial charge in [0.2, 0.25) is 0 Å². The summed E-state index contributed by atoms with van der Waals surface area (Å²) >= 11 is 3.62. The molecule has 0 amide bonds. The minimum atomic E-state index is 0.824. The third-order valence-electron chi connectivity index (χ3n) is 3.56. The van der Waals surface area contributed by atoms with Crippen molar-refractivity contribution < 1.29 is 0 Å². The van der Waals surface area contributed by atoms with Crippen LogP contribution in [0.3, 0.4) is 0 Å². The van der Waals surface area contributed by atoms with Gasteiger partial charge in [0, 0.05) is 19.3 Å². The topological polar surface area (TPSA) is 28.2 Å². The second kappa shape index (κ2) is 6.53. The van der Waals surface area contributed by atoms with E-state index in [0.29, 0.717) is 0 Å². The number of anilines is 1. The fourth-order valence-electron chi connectivity index (χ4n) is 2.46. The van der Waals surface area contributed by atoms with Crippen LogP contribution >= 0.6 is 15.9 Å². The number of aryl methyl sites for hydroxylation is 1. The van der Waals surface area contributed by atoms with Crippen LogP contribution in [0.15, 0.2) is 16.7 Å². The van der Waals surface area contributed by atoms with Crippen molar-refractivity contribution in [1.82, 2.24) is 10.3 Å². The van der Waals surface area contributed by atoms with Crippen molar-refractivity contribution in [2.24, 2.45) is 5.92 Å². The summed E-state index contributed by atoms with van der Waals surface area (Å²) in [7, 11) is 0. The summed E-state index contributed by atoms with van der Waals surface area (Å²) in [6.45, 7) is 8.71. The predicted molar refractivity (Wildman–Crippen MR) is 80.2 cm³/mol. The van der Waals surface area contributed by atoms with Gasteiger partial charge in [0.1, 0.15) is 5.82 Å². The molecule has 0 unspecified atom stereocenters. The summed E-state index contributed by atoms with van der Waals surface area (Å²) in [6.07, 6.45) is 4.47. The normalized spacial score (nSPS) is 17.2. The Kier molecular flexibility index (Phi) is 5.01. The lowest BCUT2D eigenvalue weighted by Gasteiger charge is -2.33. The molecule has 1 aromatic rings. The molecule has 3 nitrogen and oxygen atoms in total. The summed E-state index contributed by atoms with van der Waals surface area (Å²) in [5.74, 6) is 1.92. The molecule has 0 saturated carbocycles. The molecule has 1 N–H and O–H groups in total. The number of aromatic nitrogens is 1. The SMILES string of the molecule is CCNCC1CCN(c2ncc(C)cc2Br)CC1. The lowest BCUT2D eigenvalue weighted by Crippen LogP contribution is -2.37. The molecule has 0 radical (unpaired) electrons. The second-order valence-electron chi connectivity index (χ2n) is 5.06. The van der Waals surface area contributed by atoms with Gasteiger partial charge in [-0.05, 0) is 66.3 Å². The molecule has 100 valence electrons. The van der Waals surface area contributed by atoms with Crippen molar-refractivity contribution >= 4 is 21.7 Å². The van der Waals surface area contributed by atoms with Crippen LogP contribution in [0.4, 0.5) is 5.82 Å². The van der Waals surface area contributed by atoms with Crippen LogP contribution in [0.25, 0.3) is 0 Å². The van der Waals surface area contributed by atoms with Gasteiger partial charge in [0.15, 0.2) is 0 Å². The summed E-state index contributed by atoms with van der Waals surface area (Å²) in [5, 5.41) is 3.45. The lowest BCUT2D eigenvalue weighted by atomic mass is 9.97. The molecular weight excluding hydrogens is 290 g/mol. The average Bonchev–Trinajstić information content (AvgIpc) is 2.37. The molecule has 0 atom stereocenters. The van der Waals surface area contributed by atoms with E-state index in [1.807, 2.05) is 6.20 Å². The van der Waals surface area contributed by atoms with Gasteiger partial charge in [-0.1, -0.05) is 6.92 Å². The number of pyridine rings is 1. The zero-order chi connectivity index (χ0) is 13.0. The lowest BCUT2D eigenvalue weighted by molar-refractivity contribution is 0.385. The second-order valence-corrected chi connectivity index (χ2v) is 5.91. The van der Waals surface area contributed by atoms with Crippen LogP contribution in [0, 0.1) is 12.8 Å². The number of rotatable bonds is 4. The van der Waals surface area contributed by atoms with Crippen LogP contribution in [0.5, 0.6) is 0 Å². The molecule has 0 aliphatic carbocycles.